The summed E-state index contributed by atoms with van der Waals surface area (Å²) < 4.78 is 13.3. The number of carbonyl (C=O) groups is 1. The Hall–Kier alpha value is -2.55. The Labute approximate surface area is 116 Å². The molecule has 0 aliphatic rings. The maximum atomic E-state index is 13.3. The Morgan fingerprint density at radius 2 is 2.30 bits per heavy atom. The van der Waals surface area contributed by atoms with Crippen LogP contribution in [-0.4, -0.2) is 15.8 Å². The van der Waals surface area contributed by atoms with Gasteiger partial charge in [0.2, 0.25) is 0 Å². The van der Waals surface area contributed by atoms with Crippen molar-refractivity contribution < 1.29 is 14.1 Å². The van der Waals surface area contributed by atoms with E-state index >= 15 is 0 Å². The third kappa shape index (κ3) is 2.88. The van der Waals surface area contributed by atoms with Crippen LogP contribution in [0.2, 0.25) is 0 Å². The number of nitro benzene ring substituents is 1. The van der Waals surface area contributed by atoms with Crippen LogP contribution in [0.25, 0.3) is 0 Å². The minimum atomic E-state index is -0.895. The van der Waals surface area contributed by atoms with E-state index in [-0.39, 0.29) is 17.8 Å². The highest BCUT2D eigenvalue weighted by molar-refractivity contribution is 7.09. The van der Waals surface area contributed by atoms with Crippen molar-refractivity contribution in [1.82, 2.24) is 10.3 Å². The summed E-state index contributed by atoms with van der Waals surface area (Å²) in [7, 11) is 0. The first kappa shape index (κ1) is 13.9. The van der Waals surface area contributed by atoms with E-state index in [2.05, 4.69) is 10.3 Å². The van der Waals surface area contributed by atoms with Crippen LogP contribution in [0.4, 0.5) is 15.8 Å². The second-order valence-corrected chi connectivity index (χ2v) is 4.76. The van der Waals surface area contributed by atoms with Crippen molar-refractivity contribution in [2.75, 3.05) is 5.73 Å². The lowest BCUT2D eigenvalue weighted by atomic mass is 10.1. The van der Waals surface area contributed by atoms with Crippen molar-refractivity contribution in [3.63, 3.8) is 0 Å². The Bertz CT molecular complexity index is 660. The first-order valence-corrected chi connectivity index (χ1v) is 6.26. The smallest absolute Gasteiger partial charge is 0.295 e. The van der Waals surface area contributed by atoms with Gasteiger partial charge in [0, 0.05) is 11.1 Å². The van der Waals surface area contributed by atoms with Crippen molar-refractivity contribution in [2.24, 2.45) is 0 Å². The minimum absolute atomic E-state index is 0.188. The molecule has 9 heteroatoms. The molecule has 2 rings (SSSR count). The molecule has 3 N–H and O–H groups in total. The van der Waals surface area contributed by atoms with Crippen LogP contribution in [0.15, 0.2) is 23.8 Å². The first-order valence-electron chi connectivity index (χ1n) is 5.38. The second kappa shape index (κ2) is 5.61. The van der Waals surface area contributed by atoms with Gasteiger partial charge in [-0.15, -0.1) is 11.3 Å². The van der Waals surface area contributed by atoms with E-state index in [1.165, 1.54) is 11.3 Å². The molecule has 0 aliphatic carbocycles. The number of rotatable bonds is 4. The zero-order valence-electron chi connectivity index (χ0n) is 10.00. The normalized spacial score (nSPS) is 10.2. The monoisotopic (exact) mass is 296 g/mol. The summed E-state index contributed by atoms with van der Waals surface area (Å²) in [6.45, 7) is 0.188. The van der Waals surface area contributed by atoms with Crippen LogP contribution >= 0.6 is 11.3 Å². The first-order chi connectivity index (χ1) is 9.49. The molecule has 2 aromatic rings. The van der Waals surface area contributed by atoms with Crippen LogP contribution in [0.1, 0.15) is 15.2 Å². The Balaban J connectivity index is 2.23. The lowest BCUT2D eigenvalue weighted by Crippen LogP contribution is -2.24. The van der Waals surface area contributed by atoms with E-state index in [9.17, 15) is 19.3 Å². The van der Waals surface area contributed by atoms with Gasteiger partial charge in [-0.05, 0) is 6.07 Å². The van der Waals surface area contributed by atoms with Crippen molar-refractivity contribution in [3.8, 4) is 0 Å². The molecule has 0 radical (unpaired) electrons. The molecule has 0 aliphatic heterocycles. The number of nitrogens with two attached hydrogens (primary N) is 1. The maximum absolute atomic E-state index is 13.3. The van der Waals surface area contributed by atoms with E-state index in [1.54, 1.807) is 11.7 Å². The summed E-state index contributed by atoms with van der Waals surface area (Å²) >= 11 is 1.34. The quantitative estimate of drug-likeness (QED) is 0.506. The van der Waals surface area contributed by atoms with Gasteiger partial charge in [0.15, 0.2) is 0 Å². The molecule has 0 saturated heterocycles. The van der Waals surface area contributed by atoms with E-state index in [4.69, 9.17) is 5.73 Å². The number of nitro groups is 1. The summed E-state index contributed by atoms with van der Waals surface area (Å²) in [6.07, 6.45) is 1.57. The fraction of sp³-hybridized carbons (Fsp3) is 0.0909. The average molecular weight is 296 g/mol. The number of aromatic nitrogens is 1. The molecule has 20 heavy (non-hydrogen) atoms. The summed E-state index contributed by atoms with van der Waals surface area (Å²) in [5.74, 6) is -1.58. The van der Waals surface area contributed by atoms with Crippen LogP contribution in [-0.2, 0) is 6.54 Å². The van der Waals surface area contributed by atoms with E-state index in [0.29, 0.717) is 6.07 Å². The summed E-state index contributed by atoms with van der Waals surface area (Å²) in [4.78, 5) is 26.4. The highest BCUT2D eigenvalue weighted by Gasteiger charge is 2.21. The van der Waals surface area contributed by atoms with Gasteiger partial charge in [-0.1, -0.05) is 0 Å². The predicted molar refractivity (Wildman–Crippen MR) is 70.8 cm³/mol. The third-order valence-electron chi connectivity index (χ3n) is 2.47. The van der Waals surface area contributed by atoms with Gasteiger partial charge in [-0.2, -0.15) is 0 Å². The fourth-order valence-electron chi connectivity index (χ4n) is 1.53. The molecule has 0 fully saturated rings. The Morgan fingerprint density at radius 3 is 2.90 bits per heavy atom. The number of thiazole rings is 1. The largest absolute Gasteiger partial charge is 0.393 e. The molecular formula is C11H9FN4O3S. The van der Waals surface area contributed by atoms with Crippen molar-refractivity contribution in [2.45, 2.75) is 6.54 Å². The Morgan fingerprint density at radius 1 is 1.55 bits per heavy atom. The molecule has 0 spiro atoms. The summed E-state index contributed by atoms with van der Waals surface area (Å²) in [5.41, 5.74) is 5.87. The van der Waals surface area contributed by atoms with Crippen molar-refractivity contribution in [3.05, 3.63) is 50.2 Å². The van der Waals surface area contributed by atoms with Gasteiger partial charge < -0.3 is 11.1 Å². The SMILES string of the molecule is Nc1c(C(=O)NCc2cncs2)cc(F)cc1[N+](=O)[O-]. The number of hydrogen-bond donors (Lipinski definition) is 2. The number of nitrogen functional groups attached to an aromatic ring is 1. The van der Waals surface area contributed by atoms with Gasteiger partial charge in [0.05, 0.1) is 28.6 Å². The van der Waals surface area contributed by atoms with Gasteiger partial charge in [-0.25, -0.2) is 4.39 Å². The van der Waals surface area contributed by atoms with Crippen molar-refractivity contribution in [1.29, 1.82) is 0 Å². The van der Waals surface area contributed by atoms with E-state index < -0.39 is 22.3 Å². The highest BCUT2D eigenvalue weighted by Crippen LogP contribution is 2.26. The van der Waals surface area contributed by atoms with Crippen LogP contribution in [0.3, 0.4) is 0 Å². The maximum Gasteiger partial charge on any atom is 0.295 e. The number of halogens is 1. The van der Waals surface area contributed by atoms with Crippen LogP contribution in [0.5, 0.6) is 0 Å². The fourth-order valence-corrected chi connectivity index (χ4v) is 2.07. The van der Waals surface area contributed by atoms with Crippen LogP contribution < -0.4 is 11.1 Å². The second-order valence-electron chi connectivity index (χ2n) is 3.79. The topological polar surface area (TPSA) is 111 Å². The molecule has 0 bridgehead atoms. The number of carbonyl (C=O) groups excluding carboxylic acids is 1. The molecule has 1 heterocycles. The average Bonchev–Trinajstić information content (AvgIpc) is 2.91. The molecule has 1 aromatic carbocycles. The third-order valence-corrected chi connectivity index (χ3v) is 3.25. The van der Waals surface area contributed by atoms with Crippen molar-refractivity contribution >= 4 is 28.6 Å². The van der Waals surface area contributed by atoms with Crippen LogP contribution in [0, 0.1) is 15.9 Å². The number of benzene rings is 1. The number of amides is 1. The molecule has 0 atom stereocenters. The standard InChI is InChI=1S/C11H9FN4O3S/c12-6-1-8(10(13)9(2-6)16(18)19)11(17)15-4-7-3-14-5-20-7/h1-3,5H,4,13H2,(H,15,17). The molecule has 7 nitrogen and oxygen atoms in total. The molecule has 0 saturated carbocycles. The number of anilines is 1. The molecule has 1 aromatic heterocycles. The van der Waals surface area contributed by atoms with E-state index in [0.717, 1.165) is 10.9 Å². The van der Waals surface area contributed by atoms with Gasteiger partial charge in [0.1, 0.15) is 11.5 Å². The number of nitrogens with one attached hydrogen (secondary N) is 1. The Kier molecular flexibility index (Phi) is 3.89. The molecule has 0 unspecified atom stereocenters. The predicted octanol–water partition coefficient (Wildman–Crippen LogP) is 1.70. The van der Waals surface area contributed by atoms with Gasteiger partial charge in [-0.3, -0.25) is 19.9 Å². The minimum Gasteiger partial charge on any atom is -0.393 e. The number of nitrogens with zero attached hydrogens (tertiary/aromatic N) is 2. The zero-order chi connectivity index (χ0) is 14.7. The molecule has 1 amide bonds. The highest BCUT2D eigenvalue weighted by atomic mass is 32.1. The molecular weight excluding hydrogens is 287 g/mol. The molecule has 104 valence electrons. The van der Waals surface area contributed by atoms with E-state index in [1.807, 2.05) is 0 Å². The lowest BCUT2D eigenvalue weighted by molar-refractivity contribution is -0.384. The summed E-state index contributed by atoms with van der Waals surface area (Å²) in [6, 6.07) is 1.54. The summed E-state index contributed by atoms with van der Waals surface area (Å²) in [5, 5.41) is 13.2. The van der Waals surface area contributed by atoms with Gasteiger partial charge in [0.25, 0.3) is 11.6 Å². The van der Waals surface area contributed by atoms with Gasteiger partial charge >= 0.3 is 0 Å². The number of hydrogen-bond acceptors (Lipinski definition) is 6. The zero-order valence-corrected chi connectivity index (χ0v) is 10.8. The lowest BCUT2D eigenvalue weighted by Gasteiger charge is -2.07.